The first-order valence-corrected chi connectivity index (χ1v) is 6.45. The van der Waals surface area contributed by atoms with E-state index in [9.17, 15) is 9.36 Å². The monoisotopic (exact) mass is 222 g/mol. The Morgan fingerprint density at radius 1 is 1.21 bits per heavy atom. The number of hydrogen-bond donors (Lipinski definition) is 3. The average Bonchev–Trinajstić information content (AvgIpc) is 2.02. The van der Waals surface area contributed by atoms with Crippen LogP contribution in [0.2, 0.25) is 0 Å². The Balaban J connectivity index is 2.36. The van der Waals surface area contributed by atoms with Crippen molar-refractivity contribution in [2.45, 2.75) is 25.7 Å². The molecule has 0 aliphatic heterocycles. The fraction of sp³-hybridized carbons (Fsp3) is 0.875. The molecule has 0 atom stereocenters. The standard InChI is InChI=1S/C8H15O5P/c9-8(10)7-3-1-6(2-4-7)5-14(11,12)13/h6-7H,1-5H2,(H,9,10)(H2,11,12,13). The predicted molar refractivity (Wildman–Crippen MR) is 50.0 cm³/mol. The number of carboxylic acids is 1. The molecule has 14 heavy (non-hydrogen) atoms. The van der Waals surface area contributed by atoms with Crippen molar-refractivity contribution in [3.05, 3.63) is 0 Å². The average molecular weight is 222 g/mol. The summed E-state index contributed by atoms with van der Waals surface area (Å²) in [7, 11) is -3.93. The van der Waals surface area contributed by atoms with Crippen molar-refractivity contribution in [2.75, 3.05) is 6.16 Å². The molecule has 0 radical (unpaired) electrons. The molecule has 0 aromatic carbocycles. The van der Waals surface area contributed by atoms with E-state index in [0.29, 0.717) is 25.7 Å². The second kappa shape index (κ2) is 4.43. The highest BCUT2D eigenvalue weighted by atomic mass is 31.2. The normalized spacial score (nSPS) is 28.7. The lowest BCUT2D eigenvalue weighted by Gasteiger charge is -2.25. The third-order valence-corrected chi connectivity index (χ3v) is 3.68. The lowest BCUT2D eigenvalue weighted by molar-refractivity contribution is -0.143. The minimum absolute atomic E-state index is 0.00793. The van der Waals surface area contributed by atoms with Gasteiger partial charge in [0, 0.05) is 0 Å². The summed E-state index contributed by atoms with van der Waals surface area (Å²) in [5, 5.41) is 8.70. The summed E-state index contributed by atoms with van der Waals surface area (Å²) in [5.74, 6) is -1.12. The summed E-state index contributed by atoms with van der Waals surface area (Å²) in [5.41, 5.74) is 0. The van der Waals surface area contributed by atoms with Crippen LogP contribution in [0.15, 0.2) is 0 Å². The zero-order chi connectivity index (χ0) is 10.8. The Hall–Kier alpha value is -0.380. The zero-order valence-corrected chi connectivity index (χ0v) is 8.69. The molecule has 1 aliphatic carbocycles. The Morgan fingerprint density at radius 2 is 1.71 bits per heavy atom. The molecule has 0 bridgehead atoms. The first-order chi connectivity index (χ1) is 6.38. The molecule has 0 aromatic rings. The molecule has 0 aromatic heterocycles. The van der Waals surface area contributed by atoms with Crippen molar-refractivity contribution < 1.29 is 24.3 Å². The van der Waals surface area contributed by atoms with Gasteiger partial charge in [-0.05, 0) is 31.6 Å². The van der Waals surface area contributed by atoms with E-state index in [1.807, 2.05) is 0 Å². The van der Waals surface area contributed by atoms with Gasteiger partial charge in [0.05, 0.1) is 12.1 Å². The minimum Gasteiger partial charge on any atom is -0.481 e. The van der Waals surface area contributed by atoms with Crippen LogP contribution in [-0.2, 0) is 9.36 Å². The van der Waals surface area contributed by atoms with Crippen molar-refractivity contribution in [3.63, 3.8) is 0 Å². The molecule has 0 spiro atoms. The van der Waals surface area contributed by atoms with Gasteiger partial charge in [0.2, 0.25) is 0 Å². The summed E-state index contributed by atoms with van der Waals surface area (Å²) in [6.45, 7) is 0. The van der Waals surface area contributed by atoms with Crippen LogP contribution in [0.25, 0.3) is 0 Å². The van der Waals surface area contributed by atoms with Crippen LogP contribution in [0.5, 0.6) is 0 Å². The van der Waals surface area contributed by atoms with Crippen LogP contribution >= 0.6 is 7.60 Å². The Kier molecular flexibility index (Phi) is 3.70. The Bertz CT molecular complexity index is 250. The minimum atomic E-state index is -3.93. The first-order valence-electron chi connectivity index (χ1n) is 4.66. The Morgan fingerprint density at radius 3 is 2.07 bits per heavy atom. The second-order valence-electron chi connectivity index (χ2n) is 3.90. The van der Waals surface area contributed by atoms with Crippen LogP contribution < -0.4 is 0 Å². The molecule has 0 amide bonds. The molecular formula is C8H15O5P. The van der Waals surface area contributed by atoms with E-state index in [1.165, 1.54) is 0 Å². The fourth-order valence-electron chi connectivity index (χ4n) is 1.93. The molecule has 0 heterocycles. The van der Waals surface area contributed by atoms with Gasteiger partial charge in [0.1, 0.15) is 0 Å². The topological polar surface area (TPSA) is 94.8 Å². The number of aliphatic carboxylic acids is 1. The molecule has 1 aliphatic rings. The van der Waals surface area contributed by atoms with Crippen LogP contribution in [0, 0.1) is 11.8 Å². The quantitative estimate of drug-likeness (QED) is 0.620. The maximum atomic E-state index is 10.7. The van der Waals surface area contributed by atoms with E-state index in [0.717, 1.165) is 0 Å². The van der Waals surface area contributed by atoms with Gasteiger partial charge in [0.15, 0.2) is 0 Å². The number of carboxylic acid groups (broad SMARTS) is 1. The van der Waals surface area contributed by atoms with Gasteiger partial charge in [-0.3, -0.25) is 9.36 Å². The summed E-state index contributed by atoms with van der Waals surface area (Å²) in [6.07, 6.45) is 2.21. The third kappa shape index (κ3) is 3.78. The lowest BCUT2D eigenvalue weighted by Crippen LogP contribution is -2.22. The third-order valence-electron chi connectivity index (χ3n) is 2.69. The maximum absolute atomic E-state index is 10.7. The molecule has 0 unspecified atom stereocenters. The molecule has 3 N–H and O–H groups in total. The van der Waals surface area contributed by atoms with Gasteiger partial charge in [-0.2, -0.15) is 0 Å². The second-order valence-corrected chi connectivity index (χ2v) is 5.60. The van der Waals surface area contributed by atoms with E-state index >= 15 is 0 Å². The van der Waals surface area contributed by atoms with Gasteiger partial charge in [-0.1, -0.05) is 0 Å². The molecule has 5 nitrogen and oxygen atoms in total. The van der Waals surface area contributed by atoms with Crippen molar-refractivity contribution in [1.82, 2.24) is 0 Å². The SMILES string of the molecule is O=C(O)C1CCC(CP(=O)(O)O)CC1. The van der Waals surface area contributed by atoms with Crippen molar-refractivity contribution in [3.8, 4) is 0 Å². The zero-order valence-electron chi connectivity index (χ0n) is 7.80. The van der Waals surface area contributed by atoms with Crippen molar-refractivity contribution in [1.29, 1.82) is 0 Å². The van der Waals surface area contributed by atoms with Gasteiger partial charge in [-0.25, -0.2) is 0 Å². The smallest absolute Gasteiger partial charge is 0.325 e. The number of hydrogen-bond acceptors (Lipinski definition) is 2. The molecule has 82 valence electrons. The molecule has 1 rings (SSSR count). The largest absolute Gasteiger partial charge is 0.481 e. The summed E-state index contributed by atoms with van der Waals surface area (Å²) < 4.78 is 10.7. The molecule has 0 saturated heterocycles. The fourth-order valence-corrected chi connectivity index (χ4v) is 2.97. The highest BCUT2D eigenvalue weighted by Crippen LogP contribution is 2.42. The Labute approximate surface area is 82.3 Å². The van der Waals surface area contributed by atoms with Crippen LogP contribution in [0.1, 0.15) is 25.7 Å². The van der Waals surface area contributed by atoms with Crippen LogP contribution in [0.3, 0.4) is 0 Å². The first kappa shape index (κ1) is 11.7. The van der Waals surface area contributed by atoms with Crippen molar-refractivity contribution >= 4 is 13.6 Å². The van der Waals surface area contributed by atoms with Crippen LogP contribution in [-0.4, -0.2) is 27.0 Å². The van der Waals surface area contributed by atoms with Gasteiger partial charge >= 0.3 is 13.6 Å². The van der Waals surface area contributed by atoms with E-state index < -0.39 is 13.6 Å². The number of carbonyl (C=O) groups is 1. The molecule has 1 saturated carbocycles. The summed E-state index contributed by atoms with van der Waals surface area (Å²) in [6, 6.07) is 0. The predicted octanol–water partition coefficient (Wildman–Crippen LogP) is 1.06. The number of rotatable bonds is 3. The van der Waals surface area contributed by atoms with E-state index in [-0.39, 0.29) is 18.0 Å². The van der Waals surface area contributed by atoms with Gasteiger partial charge in [-0.15, -0.1) is 0 Å². The highest BCUT2D eigenvalue weighted by Gasteiger charge is 2.29. The van der Waals surface area contributed by atoms with Gasteiger partial charge < -0.3 is 14.9 Å². The molecular weight excluding hydrogens is 207 g/mol. The van der Waals surface area contributed by atoms with Crippen molar-refractivity contribution in [2.24, 2.45) is 11.8 Å². The van der Waals surface area contributed by atoms with E-state index in [4.69, 9.17) is 14.9 Å². The lowest BCUT2D eigenvalue weighted by atomic mass is 9.83. The summed E-state index contributed by atoms with van der Waals surface area (Å²) >= 11 is 0. The summed E-state index contributed by atoms with van der Waals surface area (Å²) in [4.78, 5) is 28.1. The molecule has 6 heteroatoms. The maximum Gasteiger partial charge on any atom is 0.325 e. The van der Waals surface area contributed by atoms with Crippen LogP contribution in [0.4, 0.5) is 0 Å². The molecule has 1 fully saturated rings. The van der Waals surface area contributed by atoms with Gasteiger partial charge in [0.25, 0.3) is 0 Å². The highest BCUT2D eigenvalue weighted by molar-refractivity contribution is 7.51. The van der Waals surface area contributed by atoms with E-state index in [2.05, 4.69) is 0 Å². The van der Waals surface area contributed by atoms with E-state index in [1.54, 1.807) is 0 Å².